The number of pyridine rings is 1. The highest BCUT2D eigenvalue weighted by molar-refractivity contribution is 6.14. The maximum absolute atomic E-state index is 13.9. The Balaban J connectivity index is 2.06. The summed E-state index contributed by atoms with van der Waals surface area (Å²) in [6, 6.07) is 15.0. The van der Waals surface area contributed by atoms with Crippen LogP contribution in [0.1, 0.15) is 52.5 Å². The van der Waals surface area contributed by atoms with E-state index in [1.54, 1.807) is 0 Å². The molecule has 0 saturated carbocycles. The fraction of sp³-hybridized carbons (Fsp3) is 0.200. The molecule has 0 aliphatic rings. The summed E-state index contributed by atoms with van der Waals surface area (Å²) in [6.07, 6.45) is -4.49. The van der Waals surface area contributed by atoms with E-state index in [2.05, 4.69) is 0 Å². The first-order chi connectivity index (χ1) is 18.0. The van der Waals surface area contributed by atoms with E-state index in [0.717, 1.165) is 24.3 Å². The van der Waals surface area contributed by atoms with E-state index >= 15 is 0 Å². The molecule has 0 aliphatic carbocycles. The largest absolute Gasteiger partial charge is 0.416 e. The molecular weight excluding hydrogens is 501 g/mol. The molecule has 0 amide bonds. The van der Waals surface area contributed by atoms with E-state index in [-0.39, 0.29) is 30.1 Å². The SMILES string of the molecule is CC(C)c1nc(-c2ccc(F)cc2)c(CCO)c(-c2ccc(F)cc2)c1C(=O)c1ccc(C(F)(F)F)cc1. The van der Waals surface area contributed by atoms with Gasteiger partial charge in [-0.2, -0.15) is 13.2 Å². The zero-order valence-electron chi connectivity index (χ0n) is 20.6. The summed E-state index contributed by atoms with van der Waals surface area (Å²) in [4.78, 5) is 18.7. The quantitative estimate of drug-likeness (QED) is 0.200. The van der Waals surface area contributed by atoms with E-state index < -0.39 is 29.2 Å². The summed E-state index contributed by atoms with van der Waals surface area (Å²) in [5.74, 6) is -1.80. The van der Waals surface area contributed by atoms with Crippen molar-refractivity contribution in [1.29, 1.82) is 0 Å². The van der Waals surface area contributed by atoms with Gasteiger partial charge in [0, 0.05) is 23.3 Å². The van der Waals surface area contributed by atoms with Crippen LogP contribution in [0, 0.1) is 11.6 Å². The first-order valence-electron chi connectivity index (χ1n) is 11.9. The number of rotatable bonds is 7. The minimum Gasteiger partial charge on any atom is -0.396 e. The summed E-state index contributed by atoms with van der Waals surface area (Å²) in [5.41, 5.74) is 1.97. The molecular formula is C30H24F5NO2. The summed E-state index contributed by atoms with van der Waals surface area (Å²) in [5, 5.41) is 9.94. The second-order valence-corrected chi connectivity index (χ2v) is 9.12. The van der Waals surface area contributed by atoms with Gasteiger partial charge in [-0.25, -0.2) is 8.78 Å². The molecule has 1 heterocycles. The van der Waals surface area contributed by atoms with Crippen molar-refractivity contribution in [3.63, 3.8) is 0 Å². The van der Waals surface area contributed by atoms with Crippen LogP contribution in [0.15, 0.2) is 72.8 Å². The number of carbonyl (C=O) groups is 1. The third-order valence-corrected chi connectivity index (χ3v) is 6.19. The van der Waals surface area contributed by atoms with Crippen molar-refractivity contribution in [2.75, 3.05) is 6.61 Å². The Morgan fingerprint density at radius 1 is 0.842 bits per heavy atom. The predicted molar refractivity (Wildman–Crippen MR) is 135 cm³/mol. The molecule has 196 valence electrons. The second kappa shape index (κ2) is 10.8. The normalized spacial score (nSPS) is 11.7. The molecule has 0 aliphatic heterocycles. The Morgan fingerprint density at radius 2 is 1.37 bits per heavy atom. The van der Waals surface area contributed by atoms with Crippen LogP contribution in [0.3, 0.4) is 0 Å². The Labute approximate surface area is 216 Å². The van der Waals surface area contributed by atoms with Crippen LogP contribution in [-0.4, -0.2) is 22.5 Å². The molecule has 0 radical (unpaired) electrons. The fourth-order valence-corrected chi connectivity index (χ4v) is 4.38. The van der Waals surface area contributed by atoms with Crippen LogP contribution in [0.5, 0.6) is 0 Å². The lowest BCUT2D eigenvalue weighted by Crippen LogP contribution is -2.16. The van der Waals surface area contributed by atoms with Gasteiger partial charge in [0.15, 0.2) is 5.78 Å². The molecule has 4 rings (SSSR count). The number of aromatic nitrogens is 1. The van der Waals surface area contributed by atoms with Crippen molar-refractivity contribution < 1.29 is 31.9 Å². The van der Waals surface area contributed by atoms with E-state index in [0.29, 0.717) is 33.6 Å². The third kappa shape index (κ3) is 5.50. The molecule has 0 bridgehead atoms. The molecule has 3 nitrogen and oxygen atoms in total. The van der Waals surface area contributed by atoms with Gasteiger partial charge in [0.25, 0.3) is 0 Å². The maximum Gasteiger partial charge on any atom is 0.416 e. The Bertz CT molecular complexity index is 1440. The highest BCUT2D eigenvalue weighted by Gasteiger charge is 2.31. The van der Waals surface area contributed by atoms with Gasteiger partial charge in [0.05, 0.1) is 22.5 Å². The molecule has 0 unspecified atom stereocenters. The second-order valence-electron chi connectivity index (χ2n) is 9.12. The van der Waals surface area contributed by atoms with Crippen LogP contribution in [0.25, 0.3) is 22.4 Å². The fourth-order valence-electron chi connectivity index (χ4n) is 4.38. The average molecular weight is 526 g/mol. The van der Waals surface area contributed by atoms with Crippen molar-refractivity contribution in [2.24, 2.45) is 0 Å². The first kappa shape index (κ1) is 27.1. The van der Waals surface area contributed by atoms with Crippen LogP contribution in [0.4, 0.5) is 22.0 Å². The molecule has 1 aromatic heterocycles. The number of alkyl halides is 3. The van der Waals surface area contributed by atoms with Gasteiger partial charge in [-0.15, -0.1) is 0 Å². The highest BCUT2D eigenvalue weighted by Crippen LogP contribution is 2.40. The number of carbonyl (C=O) groups excluding carboxylic acids is 1. The lowest BCUT2D eigenvalue weighted by molar-refractivity contribution is -0.137. The number of aliphatic hydroxyl groups excluding tert-OH is 1. The van der Waals surface area contributed by atoms with Gasteiger partial charge in [-0.05, 0) is 72.0 Å². The van der Waals surface area contributed by atoms with Crippen molar-refractivity contribution >= 4 is 5.78 Å². The Kier molecular flexibility index (Phi) is 7.73. The smallest absolute Gasteiger partial charge is 0.396 e. The summed E-state index contributed by atoms with van der Waals surface area (Å²) >= 11 is 0. The number of hydrogen-bond acceptors (Lipinski definition) is 3. The van der Waals surface area contributed by atoms with Gasteiger partial charge in [-0.3, -0.25) is 9.78 Å². The van der Waals surface area contributed by atoms with Crippen LogP contribution in [-0.2, 0) is 12.6 Å². The molecule has 1 N–H and O–H groups in total. The summed E-state index contributed by atoms with van der Waals surface area (Å²) in [7, 11) is 0. The van der Waals surface area contributed by atoms with Crippen molar-refractivity contribution in [3.8, 4) is 22.4 Å². The highest BCUT2D eigenvalue weighted by atomic mass is 19.4. The van der Waals surface area contributed by atoms with Crippen molar-refractivity contribution in [2.45, 2.75) is 32.4 Å². The van der Waals surface area contributed by atoms with Crippen molar-refractivity contribution in [3.05, 3.63) is 112 Å². The Hall–Kier alpha value is -3.91. The summed E-state index contributed by atoms with van der Waals surface area (Å²) < 4.78 is 66.9. The van der Waals surface area contributed by atoms with Gasteiger partial charge < -0.3 is 5.11 Å². The number of benzene rings is 3. The predicted octanol–water partition coefficient (Wildman–Crippen LogP) is 7.60. The van der Waals surface area contributed by atoms with Gasteiger partial charge in [0.2, 0.25) is 0 Å². The molecule has 0 atom stereocenters. The minimum atomic E-state index is -4.56. The van der Waals surface area contributed by atoms with Gasteiger partial charge >= 0.3 is 6.18 Å². The number of hydrogen-bond donors (Lipinski definition) is 1. The average Bonchev–Trinajstić information content (AvgIpc) is 2.88. The molecule has 3 aromatic carbocycles. The number of ketones is 1. The molecule has 8 heteroatoms. The first-order valence-corrected chi connectivity index (χ1v) is 11.9. The van der Waals surface area contributed by atoms with Crippen molar-refractivity contribution in [1.82, 2.24) is 4.98 Å². The lowest BCUT2D eigenvalue weighted by Gasteiger charge is -2.23. The minimum absolute atomic E-state index is 0.0227. The zero-order chi connectivity index (χ0) is 27.6. The van der Waals surface area contributed by atoms with Gasteiger partial charge in [0.1, 0.15) is 11.6 Å². The van der Waals surface area contributed by atoms with Crippen LogP contribution < -0.4 is 0 Å². The monoisotopic (exact) mass is 525 g/mol. The number of halogens is 5. The van der Waals surface area contributed by atoms with Crippen LogP contribution in [0.2, 0.25) is 0 Å². The van der Waals surface area contributed by atoms with E-state index in [1.807, 2.05) is 13.8 Å². The lowest BCUT2D eigenvalue weighted by atomic mass is 9.83. The standard InChI is InChI=1S/C30H24F5NO2/c1-17(2)27-26(29(38)20-3-9-21(10-4-20)30(33,34)35)25(18-5-11-22(31)12-6-18)24(15-16-37)28(36-27)19-7-13-23(32)14-8-19/h3-14,17,37H,15-16H2,1-2H3. The molecule has 38 heavy (non-hydrogen) atoms. The number of aliphatic hydroxyl groups is 1. The topological polar surface area (TPSA) is 50.2 Å². The van der Waals surface area contributed by atoms with Crippen LogP contribution >= 0.6 is 0 Å². The molecule has 4 aromatic rings. The van der Waals surface area contributed by atoms with Gasteiger partial charge in [-0.1, -0.05) is 38.1 Å². The molecule has 0 fully saturated rings. The van der Waals surface area contributed by atoms with E-state index in [4.69, 9.17) is 4.98 Å². The molecule has 0 saturated heterocycles. The maximum atomic E-state index is 13.9. The van der Waals surface area contributed by atoms with E-state index in [9.17, 15) is 31.9 Å². The Morgan fingerprint density at radius 3 is 1.84 bits per heavy atom. The summed E-state index contributed by atoms with van der Waals surface area (Å²) in [6.45, 7) is 3.33. The zero-order valence-corrected chi connectivity index (χ0v) is 20.6. The molecule has 0 spiro atoms. The number of nitrogens with zero attached hydrogens (tertiary/aromatic N) is 1. The van der Waals surface area contributed by atoms with E-state index in [1.165, 1.54) is 48.5 Å². The third-order valence-electron chi connectivity index (χ3n) is 6.19.